The molecule has 41 heavy (non-hydrogen) atoms. The molecule has 1 aromatic heterocycles. The van der Waals surface area contributed by atoms with Crippen LogP contribution in [-0.2, 0) is 11.0 Å². The highest BCUT2D eigenvalue weighted by Crippen LogP contribution is 2.38. The first kappa shape index (κ1) is 37.3. The molecule has 1 atom stereocenters. The number of aldehydes is 1. The predicted octanol–water partition coefficient (Wildman–Crippen LogP) is 8.62. The summed E-state index contributed by atoms with van der Waals surface area (Å²) in [4.78, 5) is 13.5. The minimum absolute atomic E-state index is 0.0520. The number of allylic oxidation sites excluding steroid dienone is 1. The number of aromatic nitrogens is 2. The number of hydrogen-bond acceptors (Lipinski definition) is 6. The van der Waals surface area contributed by atoms with Crippen molar-refractivity contribution in [1.82, 2.24) is 10.1 Å². The van der Waals surface area contributed by atoms with E-state index in [1.807, 2.05) is 38.1 Å². The Labute approximate surface area is 236 Å². The van der Waals surface area contributed by atoms with Gasteiger partial charge in [0.25, 0.3) is 5.89 Å². The lowest BCUT2D eigenvalue weighted by atomic mass is 9.99. The second-order valence-electron chi connectivity index (χ2n) is 8.48. The molecule has 0 fully saturated rings. The Hall–Kier alpha value is -3.67. The van der Waals surface area contributed by atoms with Gasteiger partial charge in [-0.25, -0.2) is 0 Å². The monoisotopic (exact) mass is 589 g/mol. The minimum Gasteiger partial charge on any atom is -0.507 e. The first-order chi connectivity index (χ1) is 19.2. The number of aryl methyl sites for hydroxylation is 1. The van der Waals surface area contributed by atoms with Crippen LogP contribution < -0.4 is 5.73 Å². The van der Waals surface area contributed by atoms with Crippen molar-refractivity contribution in [1.29, 1.82) is 0 Å². The highest BCUT2D eigenvalue weighted by molar-refractivity contribution is 5.74. The van der Waals surface area contributed by atoms with Crippen LogP contribution in [0, 0.1) is 12.8 Å². The number of hydrogen-bond donors (Lipinski definition) is 2. The maximum Gasteiger partial charge on any atom is 0.419 e. The van der Waals surface area contributed by atoms with Crippen molar-refractivity contribution in [2.24, 2.45) is 11.7 Å². The molecule has 0 aliphatic carbocycles. The molecule has 0 aliphatic heterocycles. The normalized spacial score (nSPS) is 11.8. The summed E-state index contributed by atoms with van der Waals surface area (Å²) < 4.78 is 76.7. The molecular formula is C29H37F6N3O3. The number of alkyl halides is 6. The molecule has 228 valence electrons. The molecule has 2 aromatic carbocycles. The van der Waals surface area contributed by atoms with Gasteiger partial charge in [0.2, 0.25) is 5.82 Å². The SMILES string of the molecule is CCC(C)/C=C\c1c(C)cccc1-c1noc(-c2ccc(O)c(C(F)(F)F)c2)n1.CCC(F)(F)F.CCC=O.CN. The average molecular weight is 590 g/mol. The van der Waals surface area contributed by atoms with Crippen molar-refractivity contribution in [3.63, 3.8) is 0 Å². The third kappa shape index (κ3) is 13.0. The van der Waals surface area contributed by atoms with E-state index in [-0.39, 0.29) is 17.3 Å². The number of halogens is 6. The van der Waals surface area contributed by atoms with Crippen molar-refractivity contribution in [3.8, 4) is 28.6 Å². The minimum atomic E-state index is -4.69. The second-order valence-corrected chi connectivity index (χ2v) is 8.48. The number of aromatic hydroxyl groups is 1. The molecule has 0 aliphatic rings. The Morgan fingerprint density at radius 2 is 1.63 bits per heavy atom. The maximum absolute atomic E-state index is 13.1. The quantitative estimate of drug-likeness (QED) is 0.220. The van der Waals surface area contributed by atoms with Crippen LogP contribution in [-0.4, -0.2) is 34.8 Å². The summed E-state index contributed by atoms with van der Waals surface area (Å²) >= 11 is 0. The van der Waals surface area contributed by atoms with E-state index in [1.165, 1.54) is 13.1 Å². The van der Waals surface area contributed by atoms with E-state index < -0.39 is 30.1 Å². The molecule has 3 aromatic rings. The van der Waals surface area contributed by atoms with Gasteiger partial charge >= 0.3 is 12.4 Å². The van der Waals surface area contributed by atoms with Gasteiger partial charge in [-0.2, -0.15) is 31.3 Å². The maximum atomic E-state index is 13.1. The van der Waals surface area contributed by atoms with Crippen molar-refractivity contribution in [2.75, 3.05) is 7.05 Å². The summed E-state index contributed by atoms with van der Waals surface area (Å²) in [7, 11) is 1.50. The van der Waals surface area contributed by atoms with Crippen LogP contribution in [0.2, 0.25) is 0 Å². The molecule has 0 bridgehead atoms. The number of benzene rings is 2. The third-order valence-electron chi connectivity index (χ3n) is 5.34. The zero-order chi connectivity index (χ0) is 31.8. The van der Waals surface area contributed by atoms with Gasteiger partial charge < -0.3 is 20.2 Å². The van der Waals surface area contributed by atoms with Crippen LogP contribution in [0.4, 0.5) is 26.3 Å². The molecule has 0 saturated heterocycles. The highest BCUT2D eigenvalue weighted by Gasteiger charge is 2.34. The van der Waals surface area contributed by atoms with E-state index >= 15 is 0 Å². The van der Waals surface area contributed by atoms with Gasteiger partial charge in [0.15, 0.2) is 0 Å². The average Bonchev–Trinajstić information content (AvgIpc) is 3.43. The van der Waals surface area contributed by atoms with Crippen molar-refractivity contribution in [3.05, 3.63) is 59.2 Å². The lowest BCUT2D eigenvalue weighted by molar-refractivity contribution is -0.138. The predicted molar refractivity (Wildman–Crippen MR) is 148 cm³/mol. The van der Waals surface area contributed by atoms with Crippen LogP contribution >= 0.6 is 0 Å². The third-order valence-corrected chi connectivity index (χ3v) is 5.34. The number of phenolic OH excluding ortho intramolecular Hbond substituents is 1. The first-order valence-electron chi connectivity index (χ1n) is 12.8. The standard InChI is InChI=1S/C22H21F3N2O2.C3H5F3.C3H6O.CH5N/c1-4-13(2)8-10-16-14(3)6-5-7-17(16)20-26-21(29-27-20)15-9-11-19(28)18(12-15)22(23,24)25;1-2-3(4,5)6;1-2-3-4;1-2/h5-13,28H,4H2,1-3H3;2H2,1H3;3H,2H2,1H3;2H2,1H3/b10-8-;;;. The molecule has 0 radical (unpaired) electrons. The second kappa shape index (κ2) is 17.9. The van der Waals surface area contributed by atoms with Gasteiger partial charge in [-0.3, -0.25) is 0 Å². The molecule has 1 heterocycles. The fraction of sp³-hybridized carbons (Fsp3) is 0.414. The fourth-order valence-electron chi connectivity index (χ4n) is 2.84. The summed E-state index contributed by atoms with van der Waals surface area (Å²) in [5.41, 5.74) is 6.12. The number of phenols is 1. The van der Waals surface area contributed by atoms with Crippen LogP contribution in [0.1, 0.15) is 63.6 Å². The van der Waals surface area contributed by atoms with E-state index in [0.29, 0.717) is 12.3 Å². The van der Waals surface area contributed by atoms with Gasteiger partial charge in [-0.05, 0) is 49.2 Å². The topological polar surface area (TPSA) is 102 Å². The molecule has 0 spiro atoms. The number of carbonyl (C=O) groups is 1. The smallest absolute Gasteiger partial charge is 0.419 e. The first-order valence-corrected chi connectivity index (χ1v) is 12.8. The number of nitrogens with two attached hydrogens (primary N) is 1. The van der Waals surface area contributed by atoms with E-state index in [2.05, 4.69) is 35.8 Å². The van der Waals surface area contributed by atoms with Crippen molar-refractivity contribution in [2.45, 2.75) is 66.2 Å². The lowest BCUT2D eigenvalue weighted by Crippen LogP contribution is -2.05. The van der Waals surface area contributed by atoms with Gasteiger partial charge in [0.05, 0.1) is 5.56 Å². The number of carbonyl (C=O) groups excluding carboxylic acids is 1. The fourth-order valence-corrected chi connectivity index (χ4v) is 2.84. The van der Waals surface area contributed by atoms with E-state index in [4.69, 9.17) is 4.52 Å². The molecule has 3 N–H and O–H groups in total. The van der Waals surface area contributed by atoms with E-state index in [1.54, 1.807) is 0 Å². The van der Waals surface area contributed by atoms with Crippen molar-refractivity contribution < 1.29 is 40.8 Å². The molecule has 1 unspecified atom stereocenters. The summed E-state index contributed by atoms with van der Waals surface area (Å²) in [6.07, 6.45) is -2.74. The Bertz CT molecular complexity index is 1220. The molecule has 0 amide bonds. The Morgan fingerprint density at radius 1 is 1.05 bits per heavy atom. The Kier molecular flexibility index (Phi) is 16.3. The van der Waals surface area contributed by atoms with Gasteiger partial charge in [0.1, 0.15) is 12.0 Å². The Morgan fingerprint density at radius 3 is 2.12 bits per heavy atom. The summed E-state index contributed by atoms with van der Waals surface area (Å²) in [5, 5.41) is 13.5. The Balaban J connectivity index is 0.00000113. The largest absolute Gasteiger partial charge is 0.507 e. The van der Waals surface area contributed by atoms with Crippen LogP contribution in [0.5, 0.6) is 5.75 Å². The summed E-state index contributed by atoms with van der Waals surface area (Å²) in [6.45, 7) is 9.08. The van der Waals surface area contributed by atoms with Crippen LogP contribution in [0.3, 0.4) is 0 Å². The van der Waals surface area contributed by atoms with E-state index in [0.717, 1.165) is 48.5 Å². The molecule has 12 heteroatoms. The van der Waals surface area contributed by atoms with Gasteiger partial charge in [-0.1, -0.05) is 69.6 Å². The van der Waals surface area contributed by atoms with Gasteiger partial charge in [0, 0.05) is 24.0 Å². The molecular weight excluding hydrogens is 552 g/mol. The van der Waals surface area contributed by atoms with Gasteiger partial charge in [-0.15, -0.1) is 0 Å². The zero-order valence-electron chi connectivity index (χ0n) is 23.9. The summed E-state index contributed by atoms with van der Waals surface area (Å²) in [6, 6.07) is 8.75. The van der Waals surface area contributed by atoms with Crippen LogP contribution in [0.15, 0.2) is 47.0 Å². The zero-order valence-corrected chi connectivity index (χ0v) is 23.9. The summed E-state index contributed by atoms with van der Waals surface area (Å²) in [5.74, 6) is -0.212. The lowest BCUT2D eigenvalue weighted by Gasteiger charge is -2.09. The highest BCUT2D eigenvalue weighted by atomic mass is 19.4. The molecule has 6 nitrogen and oxygen atoms in total. The van der Waals surface area contributed by atoms with E-state index in [9.17, 15) is 36.2 Å². The van der Waals surface area contributed by atoms with Crippen LogP contribution in [0.25, 0.3) is 28.9 Å². The van der Waals surface area contributed by atoms with Crippen molar-refractivity contribution >= 4 is 12.4 Å². The molecule has 3 rings (SSSR count). The molecule has 0 saturated carbocycles. The number of nitrogens with zero attached hydrogens (tertiary/aromatic N) is 2. The number of rotatable bonds is 6.